The van der Waals surface area contributed by atoms with Gasteiger partial charge in [-0.15, -0.1) is 0 Å². The lowest BCUT2D eigenvalue weighted by Crippen LogP contribution is -2.39. The number of rotatable bonds is 2. The van der Waals surface area contributed by atoms with Gasteiger partial charge in [-0.2, -0.15) is 15.0 Å². The molecule has 1 aliphatic heterocycles. The highest BCUT2D eigenvalue weighted by atomic mass is 35.5. The maximum atomic E-state index is 6.02. The van der Waals surface area contributed by atoms with Crippen molar-refractivity contribution in [3.8, 4) is 5.95 Å². The average molecular weight is 279 g/mol. The second kappa shape index (κ2) is 4.45. The summed E-state index contributed by atoms with van der Waals surface area (Å²) in [5.74, 6) is 1.13. The summed E-state index contributed by atoms with van der Waals surface area (Å²) in [5.41, 5.74) is 0.0525. The Morgan fingerprint density at radius 2 is 2.00 bits per heavy atom. The Morgan fingerprint density at radius 1 is 1.21 bits per heavy atom. The molecule has 0 bridgehead atoms. The van der Waals surface area contributed by atoms with Crippen molar-refractivity contribution in [1.82, 2.24) is 24.5 Å². The van der Waals surface area contributed by atoms with E-state index in [-0.39, 0.29) is 10.8 Å². The van der Waals surface area contributed by atoms with Crippen LogP contribution in [0.1, 0.15) is 26.7 Å². The Bertz CT molecular complexity index is 580. The molecule has 7 heteroatoms. The van der Waals surface area contributed by atoms with Gasteiger partial charge >= 0.3 is 0 Å². The molecular weight excluding hydrogens is 264 g/mol. The lowest BCUT2D eigenvalue weighted by Gasteiger charge is -2.31. The lowest BCUT2D eigenvalue weighted by atomic mass is 10.0. The van der Waals surface area contributed by atoms with Crippen molar-refractivity contribution in [2.24, 2.45) is 0 Å². The molecule has 1 fully saturated rings. The van der Waals surface area contributed by atoms with Crippen LogP contribution in [0.5, 0.6) is 0 Å². The summed E-state index contributed by atoms with van der Waals surface area (Å²) in [6.07, 6.45) is 7.36. The molecule has 0 saturated carbocycles. The second-order valence-electron chi connectivity index (χ2n) is 5.24. The summed E-state index contributed by atoms with van der Waals surface area (Å²) in [5, 5.41) is 0.205. The fraction of sp³-hybridized carbons (Fsp3) is 0.500. The minimum absolute atomic E-state index is 0.0525. The molecule has 2 aromatic heterocycles. The van der Waals surface area contributed by atoms with Crippen LogP contribution in [-0.4, -0.2) is 36.6 Å². The molecule has 1 aliphatic rings. The van der Waals surface area contributed by atoms with Crippen LogP contribution in [0.15, 0.2) is 18.7 Å². The first-order valence-electron chi connectivity index (χ1n) is 6.24. The van der Waals surface area contributed by atoms with Gasteiger partial charge in [-0.1, -0.05) is 0 Å². The fourth-order valence-corrected chi connectivity index (χ4v) is 2.57. The topological polar surface area (TPSA) is 59.7 Å². The van der Waals surface area contributed by atoms with Crippen molar-refractivity contribution in [2.75, 3.05) is 11.4 Å². The van der Waals surface area contributed by atoms with Crippen LogP contribution in [0.25, 0.3) is 5.95 Å². The number of anilines is 1. The van der Waals surface area contributed by atoms with E-state index in [1.54, 1.807) is 23.3 Å². The van der Waals surface area contributed by atoms with Crippen molar-refractivity contribution in [2.45, 2.75) is 32.2 Å². The van der Waals surface area contributed by atoms with Gasteiger partial charge in [0.05, 0.1) is 0 Å². The first-order chi connectivity index (χ1) is 9.06. The third-order valence-electron chi connectivity index (χ3n) is 3.46. The first-order valence-corrected chi connectivity index (χ1v) is 6.62. The van der Waals surface area contributed by atoms with Crippen molar-refractivity contribution in [3.63, 3.8) is 0 Å². The molecule has 0 atom stereocenters. The molecule has 2 aromatic rings. The largest absolute Gasteiger partial charge is 0.336 e. The number of hydrogen-bond donors (Lipinski definition) is 0. The zero-order chi connectivity index (χ0) is 13.5. The summed E-state index contributed by atoms with van der Waals surface area (Å²) < 4.78 is 1.72. The summed E-state index contributed by atoms with van der Waals surface area (Å²) in [6, 6.07) is 0. The molecule has 6 nitrogen and oxygen atoms in total. The highest BCUT2D eigenvalue weighted by Crippen LogP contribution is 2.31. The normalized spacial score (nSPS) is 17.9. The molecule has 0 amide bonds. The Labute approximate surface area is 116 Å². The van der Waals surface area contributed by atoms with Crippen LogP contribution in [-0.2, 0) is 0 Å². The first kappa shape index (κ1) is 12.3. The number of imidazole rings is 1. The lowest BCUT2D eigenvalue weighted by molar-refractivity contribution is 0.509. The molecule has 3 rings (SSSR count). The van der Waals surface area contributed by atoms with Gasteiger partial charge in [0.25, 0.3) is 0 Å². The number of hydrogen-bond acceptors (Lipinski definition) is 5. The van der Waals surface area contributed by atoms with E-state index in [1.165, 1.54) is 0 Å². The quantitative estimate of drug-likeness (QED) is 0.842. The maximum Gasteiger partial charge on any atom is 0.241 e. The van der Waals surface area contributed by atoms with Crippen LogP contribution >= 0.6 is 11.6 Å². The van der Waals surface area contributed by atoms with E-state index in [1.807, 2.05) is 0 Å². The molecule has 100 valence electrons. The van der Waals surface area contributed by atoms with Crippen LogP contribution < -0.4 is 4.90 Å². The van der Waals surface area contributed by atoms with Crippen LogP contribution in [0.3, 0.4) is 0 Å². The third-order valence-corrected chi connectivity index (χ3v) is 3.63. The highest BCUT2D eigenvalue weighted by molar-refractivity contribution is 6.28. The van der Waals surface area contributed by atoms with Crippen molar-refractivity contribution < 1.29 is 0 Å². The number of nitrogens with zero attached hydrogens (tertiary/aromatic N) is 6. The minimum atomic E-state index is 0.0525. The van der Waals surface area contributed by atoms with Gasteiger partial charge in [0.1, 0.15) is 6.33 Å². The fourth-order valence-electron chi connectivity index (χ4n) is 2.42. The van der Waals surface area contributed by atoms with Gasteiger partial charge in [0.15, 0.2) is 0 Å². The predicted octanol–water partition coefficient (Wildman–Crippen LogP) is 2.09. The summed E-state index contributed by atoms with van der Waals surface area (Å²) in [6.45, 7) is 5.32. The van der Waals surface area contributed by atoms with Crippen LogP contribution in [0.4, 0.5) is 5.95 Å². The Hall–Kier alpha value is -1.69. The molecular formula is C12H15ClN6. The predicted molar refractivity (Wildman–Crippen MR) is 72.6 cm³/mol. The Kier molecular flexibility index (Phi) is 2.89. The van der Waals surface area contributed by atoms with E-state index in [0.717, 1.165) is 19.4 Å². The second-order valence-corrected chi connectivity index (χ2v) is 5.58. The molecule has 0 aliphatic carbocycles. The highest BCUT2D eigenvalue weighted by Gasteiger charge is 2.34. The van der Waals surface area contributed by atoms with Crippen molar-refractivity contribution in [1.29, 1.82) is 0 Å². The zero-order valence-corrected chi connectivity index (χ0v) is 11.7. The van der Waals surface area contributed by atoms with E-state index < -0.39 is 0 Å². The molecule has 0 radical (unpaired) electrons. The van der Waals surface area contributed by atoms with Crippen molar-refractivity contribution >= 4 is 17.5 Å². The van der Waals surface area contributed by atoms with Gasteiger partial charge in [-0.3, -0.25) is 4.57 Å². The molecule has 0 unspecified atom stereocenters. The minimum Gasteiger partial charge on any atom is -0.336 e. The number of halogens is 1. The average Bonchev–Trinajstić information content (AvgIpc) is 2.96. The van der Waals surface area contributed by atoms with Gasteiger partial charge < -0.3 is 4.90 Å². The Morgan fingerprint density at radius 3 is 2.63 bits per heavy atom. The van der Waals surface area contributed by atoms with Crippen molar-refractivity contribution in [3.05, 3.63) is 24.0 Å². The smallest absolute Gasteiger partial charge is 0.241 e. The molecule has 1 saturated heterocycles. The maximum absolute atomic E-state index is 6.02. The number of aromatic nitrogens is 5. The molecule has 0 N–H and O–H groups in total. The summed E-state index contributed by atoms with van der Waals surface area (Å²) >= 11 is 6.02. The molecule has 0 aromatic carbocycles. The zero-order valence-electron chi connectivity index (χ0n) is 10.9. The monoisotopic (exact) mass is 278 g/mol. The summed E-state index contributed by atoms with van der Waals surface area (Å²) in [7, 11) is 0. The van der Waals surface area contributed by atoms with E-state index >= 15 is 0 Å². The van der Waals surface area contributed by atoms with Gasteiger partial charge in [0.2, 0.25) is 17.2 Å². The molecule has 3 heterocycles. The van der Waals surface area contributed by atoms with Gasteiger partial charge in [-0.05, 0) is 38.3 Å². The van der Waals surface area contributed by atoms with Gasteiger partial charge in [-0.25, -0.2) is 4.98 Å². The van der Waals surface area contributed by atoms with Crippen LogP contribution in [0.2, 0.25) is 5.28 Å². The van der Waals surface area contributed by atoms with Crippen LogP contribution in [0, 0.1) is 0 Å². The van der Waals surface area contributed by atoms with E-state index in [2.05, 4.69) is 38.7 Å². The molecule has 0 spiro atoms. The standard InChI is InChI=1S/C12H15ClN6/c1-12(2)4-3-6-19(12)11-16-9(13)15-10(17-11)18-7-5-14-8-18/h5,7-8H,3-4,6H2,1-2H3. The van der Waals surface area contributed by atoms with E-state index in [9.17, 15) is 0 Å². The van der Waals surface area contributed by atoms with E-state index in [4.69, 9.17) is 11.6 Å². The third kappa shape index (κ3) is 2.28. The Balaban J connectivity index is 2.03. The summed E-state index contributed by atoms with van der Waals surface area (Å²) in [4.78, 5) is 19.1. The van der Waals surface area contributed by atoms with E-state index in [0.29, 0.717) is 11.9 Å². The SMILES string of the molecule is CC1(C)CCCN1c1nc(Cl)nc(-n2ccnc2)n1. The molecule has 19 heavy (non-hydrogen) atoms. The van der Waals surface area contributed by atoms with Gasteiger partial charge in [0, 0.05) is 24.5 Å².